The first-order valence-electron chi connectivity index (χ1n) is 12.5. The first-order chi connectivity index (χ1) is 18.9. The second kappa shape index (κ2) is 17.8. The van der Waals surface area contributed by atoms with Gasteiger partial charge in [0.1, 0.15) is 24.2 Å². The fourth-order valence-corrected chi connectivity index (χ4v) is 3.83. The lowest BCUT2D eigenvalue weighted by molar-refractivity contribution is -0.162. The molecule has 7 amide bonds. The summed E-state index contributed by atoms with van der Waals surface area (Å²) in [6.07, 6.45) is 1.06. The van der Waals surface area contributed by atoms with Gasteiger partial charge in [0, 0.05) is 26.6 Å². The van der Waals surface area contributed by atoms with Gasteiger partial charge in [-0.3, -0.25) is 49.3 Å². The third-order valence-electron chi connectivity index (χ3n) is 5.93. The zero-order valence-electron chi connectivity index (χ0n) is 22.0. The number of piperazine rings is 1. The van der Waals surface area contributed by atoms with Gasteiger partial charge in [-0.2, -0.15) is 5.06 Å². The Hall–Kier alpha value is -3.71. The molecule has 1 rings (SSSR count). The lowest BCUT2D eigenvalue weighted by Gasteiger charge is -2.30. The number of hydroxylamine groups is 6. The highest BCUT2D eigenvalue weighted by molar-refractivity contribution is 6.01. The molecule has 0 saturated carbocycles. The average Bonchev–Trinajstić information content (AvgIpc) is 2.90. The zero-order valence-corrected chi connectivity index (χ0v) is 22.0. The lowest BCUT2D eigenvalue weighted by atomic mass is 10.0. The van der Waals surface area contributed by atoms with E-state index in [0.29, 0.717) is 15.2 Å². The molecule has 226 valence electrons. The molecule has 0 bridgehead atoms. The van der Waals surface area contributed by atoms with Crippen molar-refractivity contribution in [2.45, 2.75) is 69.6 Å². The van der Waals surface area contributed by atoms with Crippen LogP contribution in [0.25, 0.3) is 0 Å². The molecule has 0 aliphatic carbocycles. The number of aliphatic hydroxyl groups is 1. The van der Waals surface area contributed by atoms with E-state index < -0.39 is 60.3 Å². The van der Waals surface area contributed by atoms with Crippen molar-refractivity contribution in [3.05, 3.63) is 0 Å². The molecule has 1 aliphatic rings. The van der Waals surface area contributed by atoms with E-state index in [0.717, 1.165) is 6.92 Å². The quantitative estimate of drug-likeness (QED) is 0.0419. The van der Waals surface area contributed by atoms with Gasteiger partial charge < -0.3 is 26.3 Å². The molecule has 0 aromatic heterocycles. The van der Waals surface area contributed by atoms with Crippen LogP contribution in [0.4, 0.5) is 0 Å². The number of nitrogens with zero attached hydrogens (tertiary/aromatic N) is 3. The van der Waals surface area contributed by atoms with E-state index in [-0.39, 0.29) is 71.0 Å². The molecule has 18 nitrogen and oxygen atoms in total. The van der Waals surface area contributed by atoms with Crippen LogP contribution in [0.5, 0.6) is 0 Å². The van der Waals surface area contributed by atoms with Gasteiger partial charge in [-0.25, -0.2) is 10.1 Å². The number of nitrogens with one attached hydrogen (secondary N) is 4. The highest BCUT2D eigenvalue weighted by Crippen LogP contribution is 2.10. The second-order valence-corrected chi connectivity index (χ2v) is 9.05. The molecular weight excluding hydrogens is 538 g/mol. The van der Waals surface area contributed by atoms with E-state index in [9.17, 15) is 43.9 Å². The van der Waals surface area contributed by atoms with Crippen LogP contribution >= 0.6 is 0 Å². The Balaban J connectivity index is 2.56. The van der Waals surface area contributed by atoms with Crippen LogP contribution in [-0.2, 0) is 33.6 Å². The molecule has 1 heterocycles. The summed E-state index contributed by atoms with van der Waals surface area (Å²) in [5, 5.41) is 48.8. The SMILES string of the molecule is CC(=O)N[C@@H](CCCN(O)C=O)C(=O)NC(=O)[C@H](CO)N(O)CCC[C@@H]1NC(=O)[C@H](CCCN(O)C=O)NC1=O. The van der Waals surface area contributed by atoms with Crippen LogP contribution in [0, 0.1) is 0 Å². The van der Waals surface area contributed by atoms with Crippen LogP contribution in [0.15, 0.2) is 0 Å². The summed E-state index contributed by atoms with van der Waals surface area (Å²) < 4.78 is 0. The van der Waals surface area contributed by atoms with E-state index in [2.05, 4.69) is 16.0 Å². The maximum Gasteiger partial charge on any atom is 0.249 e. The van der Waals surface area contributed by atoms with E-state index in [4.69, 9.17) is 10.4 Å². The summed E-state index contributed by atoms with van der Waals surface area (Å²) in [5.74, 6) is -3.51. The predicted molar refractivity (Wildman–Crippen MR) is 131 cm³/mol. The summed E-state index contributed by atoms with van der Waals surface area (Å²) in [4.78, 5) is 81.9. The van der Waals surface area contributed by atoms with Crippen LogP contribution in [0.3, 0.4) is 0 Å². The Morgan fingerprint density at radius 2 is 1.38 bits per heavy atom. The standard InChI is InChI=1S/C22H37N7O11/c1-14(33)23-15(5-2-8-27(38)12-31)21(36)26-22(37)18(11-30)29(40)10-4-7-17-20(35)24-16(19(34)25-17)6-3-9-28(39)13-32/h12-13,15-18,30,38-40H,2-11H2,1H3,(H,23,33)(H,24,35)(H,25,34)(H,26,36,37)/t15-,16-,17-,18-/m0/s1. The third kappa shape index (κ3) is 12.0. The monoisotopic (exact) mass is 575 g/mol. The van der Waals surface area contributed by atoms with Crippen molar-refractivity contribution < 1.29 is 54.3 Å². The van der Waals surface area contributed by atoms with Gasteiger partial charge in [-0.15, -0.1) is 0 Å². The Kier molecular flexibility index (Phi) is 15.3. The summed E-state index contributed by atoms with van der Waals surface area (Å²) in [6, 6.07) is -4.52. The average molecular weight is 576 g/mol. The topological polar surface area (TPSA) is 258 Å². The fourth-order valence-electron chi connectivity index (χ4n) is 3.83. The number of aliphatic hydroxyl groups excluding tert-OH is 1. The smallest absolute Gasteiger partial charge is 0.249 e. The van der Waals surface area contributed by atoms with Crippen molar-refractivity contribution in [2.24, 2.45) is 0 Å². The van der Waals surface area contributed by atoms with Crippen LogP contribution in [0.1, 0.15) is 45.4 Å². The predicted octanol–water partition coefficient (Wildman–Crippen LogP) is -3.79. The summed E-state index contributed by atoms with van der Waals surface area (Å²) >= 11 is 0. The number of hydrogen-bond donors (Lipinski definition) is 8. The second-order valence-electron chi connectivity index (χ2n) is 9.05. The van der Waals surface area contributed by atoms with Gasteiger partial charge in [0.15, 0.2) is 0 Å². The van der Waals surface area contributed by atoms with Crippen molar-refractivity contribution in [1.82, 2.24) is 36.5 Å². The zero-order chi connectivity index (χ0) is 30.2. The fraction of sp³-hybridized carbons (Fsp3) is 0.682. The summed E-state index contributed by atoms with van der Waals surface area (Å²) in [6.45, 7) is -0.0962. The largest absolute Gasteiger partial charge is 0.394 e. The maximum atomic E-state index is 12.5. The molecule has 1 saturated heterocycles. The van der Waals surface area contributed by atoms with E-state index in [1.54, 1.807) is 0 Å². The molecule has 1 aliphatic heterocycles. The van der Waals surface area contributed by atoms with Crippen LogP contribution < -0.4 is 21.3 Å². The van der Waals surface area contributed by atoms with Crippen molar-refractivity contribution >= 4 is 42.4 Å². The minimum atomic E-state index is -1.57. The van der Waals surface area contributed by atoms with E-state index in [1.807, 2.05) is 5.32 Å². The minimum Gasteiger partial charge on any atom is -0.394 e. The van der Waals surface area contributed by atoms with Gasteiger partial charge >= 0.3 is 0 Å². The van der Waals surface area contributed by atoms with Crippen molar-refractivity contribution in [3.63, 3.8) is 0 Å². The van der Waals surface area contributed by atoms with Crippen molar-refractivity contribution in [1.29, 1.82) is 0 Å². The molecular formula is C22H37N7O11. The molecule has 0 aromatic carbocycles. The van der Waals surface area contributed by atoms with Gasteiger partial charge in [-0.1, -0.05) is 0 Å². The number of amides is 7. The maximum absolute atomic E-state index is 12.5. The highest BCUT2D eigenvalue weighted by Gasteiger charge is 2.34. The number of carbonyl (C=O) groups excluding carboxylic acids is 7. The van der Waals surface area contributed by atoms with Crippen molar-refractivity contribution in [3.8, 4) is 0 Å². The number of imide groups is 1. The highest BCUT2D eigenvalue weighted by atomic mass is 16.5. The first-order valence-corrected chi connectivity index (χ1v) is 12.5. The Morgan fingerprint density at radius 3 is 1.85 bits per heavy atom. The van der Waals surface area contributed by atoms with Gasteiger partial charge in [0.05, 0.1) is 6.61 Å². The Bertz CT molecular complexity index is 906. The van der Waals surface area contributed by atoms with E-state index in [1.165, 1.54) is 0 Å². The summed E-state index contributed by atoms with van der Waals surface area (Å²) in [7, 11) is 0. The Labute approximate surface area is 229 Å². The molecule has 0 unspecified atom stereocenters. The minimum absolute atomic E-state index is 0.0120. The molecule has 1 fully saturated rings. The molecule has 8 N–H and O–H groups in total. The normalized spacial score (nSPS) is 18.1. The number of hydrogen-bond acceptors (Lipinski definition) is 12. The van der Waals surface area contributed by atoms with Gasteiger partial charge in [0.2, 0.25) is 42.4 Å². The summed E-state index contributed by atoms with van der Waals surface area (Å²) in [5.41, 5.74) is 0. The van der Waals surface area contributed by atoms with Gasteiger partial charge in [0.25, 0.3) is 0 Å². The van der Waals surface area contributed by atoms with Crippen LogP contribution in [0.2, 0.25) is 0 Å². The van der Waals surface area contributed by atoms with Crippen molar-refractivity contribution in [2.75, 3.05) is 26.2 Å². The van der Waals surface area contributed by atoms with Crippen LogP contribution in [-0.4, -0.2) is 129 Å². The Morgan fingerprint density at radius 1 is 0.875 bits per heavy atom. The molecule has 0 aromatic rings. The molecule has 0 radical (unpaired) electrons. The van der Waals surface area contributed by atoms with E-state index >= 15 is 0 Å². The third-order valence-corrected chi connectivity index (χ3v) is 5.93. The number of carbonyl (C=O) groups is 7. The van der Waals surface area contributed by atoms with Gasteiger partial charge in [-0.05, 0) is 38.5 Å². The number of rotatable bonds is 19. The molecule has 40 heavy (non-hydrogen) atoms. The molecule has 4 atom stereocenters. The lowest BCUT2D eigenvalue weighted by Crippen LogP contribution is -2.61. The molecule has 18 heteroatoms. The first kappa shape index (κ1) is 34.3. The molecule has 0 spiro atoms.